The summed E-state index contributed by atoms with van der Waals surface area (Å²) in [5, 5.41) is 7.88. The van der Waals surface area contributed by atoms with Crippen LogP contribution in [0.15, 0.2) is 12.7 Å². The summed E-state index contributed by atoms with van der Waals surface area (Å²) < 4.78 is 8.82. The highest BCUT2D eigenvalue weighted by molar-refractivity contribution is 5.81. The lowest BCUT2D eigenvalue weighted by atomic mass is 10.7. The third-order valence-electron chi connectivity index (χ3n) is 0.782. The predicted molar refractivity (Wildman–Crippen MR) is 45.5 cm³/mol. The molecule has 0 aromatic rings. The number of rotatable bonds is 4. The topological polar surface area (TPSA) is 55.8 Å². The van der Waals surface area contributed by atoms with Crippen LogP contribution in [0.1, 0.15) is 13.8 Å². The van der Waals surface area contributed by atoms with Crippen molar-refractivity contribution in [2.75, 3.05) is 20.0 Å². The van der Waals surface area contributed by atoms with Gasteiger partial charge in [0, 0.05) is 19.3 Å². The Balaban J connectivity index is 0. The van der Waals surface area contributed by atoms with E-state index < -0.39 is 12.8 Å². The standard InChI is InChI=1S/C4H6O3.C4H10O/c1-2-4(6)7-3-5;1-3-5-4-2/h2,5H,1,3H2;3-4H2,1-2H3. The second-order valence-corrected chi connectivity index (χ2v) is 1.58. The Morgan fingerprint density at radius 2 is 2.00 bits per heavy atom. The molecule has 0 heterocycles. The molecule has 0 rings (SSSR count). The molecule has 0 atom stereocenters. The average molecular weight is 176 g/mol. The van der Waals surface area contributed by atoms with E-state index in [2.05, 4.69) is 11.3 Å². The Morgan fingerprint density at radius 3 is 2.08 bits per heavy atom. The average Bonchev–Trinajstić information content (AvgIpc) is 2.07. The first kappa shape index (κ1) is 13.7. The van der Waals surface area contributed by atoms with Crippen molar-refractivity contribution in [3.63, 3.8) is 0 Å². The zero-order chi connectivity index (χ0) is 9.82. The maximum absolute atomic E-state index is 9.91. The summed E-state index contributed by atoms with van der Waals surface area (Å²) in [7, 11) is 0. The van der Waals surface area contributed by atoms with Gasteiger partial charge in [0.25, 0.3) is 0 Å². The summed E-state index contributed by atoms with van der Waals surface area (Å²) in [6.07, 6.45) is 0.982. The molecule has 0 fully saturated rings. The fourth-order valence-corrected chi connectivity index (χ4v) is 0.327. The van der Waals surface area contributed by atoms with E-state index >= 15 is 0 Å². The molecule has 0 aliphatic rings. The molecule has 72 valence electrons. The van der Waals surface area contributed by atoms with Crippen molar-refractivity contribution in [3.05, 3.63) is 12.7 Å². The second kappa shape index (κ2) is 12.8. The summed E-state index contributed by atoms with van der Waals surface area (Å²) in [4.78, 5) is 9.91. The molecular formula is C8H16O4. The molecule has 0 aromatic carbocycles. The highest BCUT2D eigenvalue weighted by Gasteiger charge is 1.87. The van der Waals surface area contributed by atoms with Gasteiger partial charge in [0.2, 0.25) is 0 Å². The molecule has 0 saturated carbocycles. The molecule has 0 spiro atoms. The third kappa shape index (κ3) is 16.1. The molecule has 0 bridgehead atoms. The molecule has 0 aliphatic heterocycles. The van der Waals surface area contributed by atoms with E-state index in [1.807, 2.05) is 13.8 Å². The maximum atomic E-state index is 9.91. The molecular weight excluding hydrogens is 160 g/mol. The molecule has 4 nitrogen and oxygen atoms in total. The minimum absolute atomic E-state index is 0.579. The van der Waals surface area contributed by atoms with Gasteiger partial charge in [0.05, 0.1) is 0 Å². The van der Waals surface area contributed by atoms with Crippen molar-refractivity contribution >= 4 is 5.97 Å². The molecule has 0 aliphatic carbocycles. The van der Waals surface area contributed by atoms with Gasteiger partial charge in [-0.05, 0) is 13.8 Å². The minimum Gasteiger partial charge on any atom is -0.436 e. The van der Waals surface area contributed by atoms with Crippen LogP contribution in [0, 0.1) is 0 Å². The zero-order valence-corrected chi connectivity index (χ0v) is 7.58. The molecule has 12 heavy (non-hydrogen) atoms. The van der Waals surface area contributed by atoms with Gasteiger partial charge >= 0.3 is 5.97 Å². The van der Waals surface area contributed by atoms with Crippen LogP contribution in [0.25, 0.3) is 0 Å². The van der Waals surface area contributed by atoms with Crippen LogP contribution in [0.5, 0.6) is 0 Å². The van der Waals surface area contributed by atoms with E-state index in [1.54, 1.807) is 0 Å². The summed E-state index contributed by atoms with van der Waals surface area (Å²) >= 11 is 0. The Hall–Kier alpha value is -0.870. The monoisotopic (exact) mass is 176 g/mol. The molecule has 1 N–H and O–H groups in total. The lowest BCUT2D eigenvalue weighted by molar-refractivity contribution is -0.145. The number of hydrogen-bond donors (Lipinski definition) is 1. The smallest absolute Gasteiger partial charge is 0.332 e. The van der Waals surface area contributed by atoms with E-state index in [0.717, 1.165) is 19.3 Å². The van der Waals surface area contributed by atoms with Crippen molar-refractivity contribution in [1.29, 1.82) is 0 Å². The molecule has 4 heteroatoms. The van der Waals surface area contributed by atoms with Crippen LogP contribution in [-0.2, 0) is 14.3 Å². The molecule has 0 aromatic heterocycles. The van der Waals surface area contributed by atoms with E-state index in [4.69, 9.17) is 9.84 Å². The zero-order valence-electron chi connectivity index (χ0n) is 7.58. The van der Waals surface area contributed by atoms with Crippen molar-refractivity contribution in [1.82, 2.24) is 0 Å². The number of esters is 1. The van der Waals surface area contributed by atoms with Gasteiger partial charge in [-0.15, -0.1) is 0 Å². The van der Waals surface area contributed by atoms with Gasteiger partial charge in [-0.25, -0.2) is 4.79 Å². The van der Waals surface area contributed by atoms with Crippen LogP contribution in [0.3, 0.4) is 0 Å². The molecule has 0 amide bonds. The fourth-order valence-electron chi connectivity index (χ4n) is 0.327. The lowest BCUT2D eigenvalue weighted by Crippen LogP contribution is -1.99. The Bertz CT molecular complexity index is 110. The third-order valence-corrected chi connectivity index (χ3v) is 0.782. The van der Waals surface area contributed by atoms with E-state index in [9.17, 15) is 4.79 Å². The van der Waals surface area contributed by atoms with Crippen LogP contribution >= 0.6 is 0 Å². The Morgan fingerprint density at radius 1 is 1.50 bits per heavy atom. The van der Waals surface area contributed by atoms with Gasteiger partial charge < -0.3 is 14.6 Å². The SMILES string of the molecule is C=CC(=O)OCO.CCOCC. The Labute approximate surface area is 72.8 Å². The molecule has 0 radical (unpaired) electrons. The van der Waals surface area contributed by atoms with Crippen LogP contribution in [0.4, 0.5) is 0 Å². The fraction of sp³-hybridized carbons (Fsp3) is 0.625. The summed E-state index contributed by atoms with van der Waals surface area (Å²) in [5.41, 5.74) is 0. The van der Waals surface area contributed by atoms with Crippen molar-refractivity contribution in [2.24, 2.45) is 0 Å². The van der Waals surface area contributed by atoms with Crippen LogP contribution in [-0.4, -0.2) is 31.1 Å². The first-order valence-corrected chi connectivity index (χ1v) is 3.70. The highest BCUT2D eigenvalue weighted by atomic mass is 16.6. The molecule has 0 unspecified atom stereocenters. The van der Waals surface area contributed by atoms with Crippen molar-refractivity contribution in [2.45, 2.75) is 13.8 Å². The largest absolute Gasteiger partial charge is 0.436 e. The first-order valence-electron chi connectivity index (χ1n) is 3.70. The summed E-state index contributed by atoms with van der Waals surface area (Å²) in [5.74, 6) is -0.609. The van der Waals surface area contributed by atoms with Gasteiger partial charge in [-0.1, -0.05) is 6.58 Å². The van der Waals surface area contributed by atoms with E-state index in [1.165, 1.54) is 0 Å². The number of carbonyl (C=O) groups is 1. The van der Waals surface area contributed by atoms with Crippen LogP contribution < -0.4 is 0 Å². The van der Waals surface area contributed by atoms with Gasteiger partial charge in [-0.3, -0.25) is 0 Å². The second-order valence-electron chi connectivity index (χ2n) is 1.58. The van der Waals surface area contributed by atoms with Gasteiger partial charge in [-0.2, -0.15) is 0 Å². The predicted octanol–water partition coefficient (Wildman–Crippen LogP) is 0.708. The summed E-state index contributed by atoms with van der Waals surface area (Å²) in [6, 6.07) is 0. The van der Waals surface area contributed by atoms with Gasteiger partial charge in [0.15, 0.2) is 6.79 Å². The number of ether oxygens (including phenoxy) is 2. The van der Waals surface area contributed by atoms with Crippen molar-refractivity contribution < 1.29 is 19.4 Å². The normalized spacial score (nSPS) is 7.92. The number of aliphatic hydroxyl groups is 1. The number of aliphatic hydroxyl groups excluding tert-OH is 1. The minimum atomic E-state index is -0.609. The highest BCUT2D eigenvalue weighted by Crippen LogP contribution is 1.72. The maximum Gasteiger partial charge on any atom is 0.332 e. The lowest BCUT2D eigenvalue weighted by Gasteiger charge is -1.89. The Kier molecular flexibility index (Phi) is 14.6. The van der Waals surface area contributed by atoms with Crippen LogP contribution in [0.2, 0.25) is 0 Å². The van der Waals surface area contributed by atoms with Gasteiger partial charge in [0.1, 0.15) is 0 Å². The number of hydrogen-bond acceptors (Lipinski definition) is 4. The first-order chi connectivity index (χ1) is 5.72. The summed E-state index contributed by atoms with van der Waals surface area (Å²) in [6.45, 7) is 8.18. The number of carbonyl (C=O) groups excluding carboxylic acids is 1. The van der Waals surface area contributed by atoms with E-state index in [-0.39, 0.29) is 0 Å². The van der Waals surface area contributed by atoms with E-state index in [0.29, 0.717) is 0 Å². The van der Waals surface area contributed by atoms with Crippen molar-refractivity contribution in [3.8, 4) is 0 Å². The quantitative estimate of drug-likeness (QED) is 0.389. The molecule has 0 saturated heterocycles.